The Morgan fingerprint density at radius 2 is 1.81 bits per heavy atom. The van der Waals surface area contributed by atoms with E-state index in [-0.39, 0.29) is 11.3 Å². The van der Waals surface area contributed by atoms with Gasteiger partial charge in [-0.15, -0.1) is 0 Å². The zero-order chi connectivity index (χ0) is 15.6. The lowest BCUT2D eigenvalue weighted by Gasteiger charge is -2.13. The quantitative estimate of drug-likeness (QED) is 0.626. The van der Waals surface area contributed by atoms with Gasteiger partial charge in [0, 0.05) is 16.8 Å². The number of esters is 2. The van der Waals surface area contributed by atoms with Crippen LogP contribution in [0.25, 0.3) is 10.8 Å². The van der Waals surface area contributed by atoms with E-state index in [1.165, 1.54) is 27.2 Å². The summed E-state index contributed by atoms with van der Waals surface area (Å²) in [6.45, 7) is 1.29. The molecule has 0 aliphatic carbocycles. The monoisotopic (exact) mass is 352 g/mol. The van der Waals surface area contributed by atoms with Gasteiger partial charge in [-0.05, 0) is 24.3 Å². The molecule has 2 aromatic carbocycles. The van der Waals surface area contributed by atoms with Gasteiger partial charge in [-0.25, -0.2) is 4.79 Å². The van der Waals surface area contributed by atoms with Crippen molar-refractivity contribution >= 4 is 38.6 Å². The van der Waals surface area contributed by atoms with E-state index >= 15 is 0 Å². The molecule has 0 amide bonds. The highest BCUT2D eigenvalue weighted by molar-refractivity contribution is 9.10. The summed E-state index contributed by atoms with van der Waals surface area (Å²) in [4.78, 5) is 23.1. The lowest BCUT2D eigenvalue weighted by Crippen LogP contribution is -2.06. The zero-order valence-corrected chi connectivity index (χ0v) is 13.3. The third-order valence-corrected chi connectivity index (χ3v) is 3.57. The maximum absolute atomic E-state index is 11.8. The zero-order valence-electron chi connectivity index (χ0n) is 11.7. The first-order valence-corrected chi connectivity index (χ1v) is 6.84. The highest BCUT2D eigenvalue weighted by atomic mass is 79.9. The molecule has 0 bridgehead atoms. The molecule has 0 radical (unpaired) electrons. The van der Waals surface area contributed by atoms with Gasteiger partial charge in [0.15, 0.2) is 0 Å². The summed E-state index contributed by atoms with van der Waals surface area (Å²) in [6, 6.07) is 6.66. The number of halogens is 1. The summed E-state index contributed by atoms with van der Waals surface area (Å²) in [6.07, 6.45) is 0. The second-order valence-corrected chi connectivity index (χ2v) is 5.09. The van der Waals surface area contributed by atoms with Crippen LogP contribution in [0.15, 0.2) is 28.7 Å². The molecule has 0 aliphatic heterocycles. The van der Waals surface area contributed by atoms with E-state index in [1.807, 2.05) is 0 Å². The van der Waals surface area contributed by atoms with Crippen LogP contribution in [-0.2, 0) is 9.53 Å². The van der Waals surface area contributed by atoms with Crippen LogP contribution in [0.2, 0.25) is 0 Å². The number of hydrogen-bond acceptors (Lipinski definition) is 5. The van der Waals surface area contributed by atoms with Crippen molar-refractivity contribution in [2.45, 2.75) is 6.92 Å². The number of hydrogen-bond donors (Lipinski definition) is 0. The molecule has 0 atom stereocenters. The van der Waals surface area contributed by atoms with E-state index in [2.05, 4.69) is 15.9 Å². The highest BCUT2D eigenvalue weighted by Crippen LogP contribution is 2.39. The Hall–Kier alpha value is -2.08. The number of fused-ring (bicyclic) bond motifs is 1. The number of methoxy groups -OCH3 is 2. The normalized spacial score (nSPS) is 10.3. The minimum Gasteiger partial charge on any atom is -0.496 e. The van der Waals surface area contributed by atoms with Crippen LogP contribution in [0.5, 0.6) is 11.5 Å². The van der Waals surface area contributed by atoms with Crippen molar-refractivity contribution in [1.29, 1.82) is 0 Å². The fourth-order valence-corrected chi connectivity index (χ4v) is 2.47. The highest BCUT2D eigenvalue weighted by Gasteiger charge is 2.17. The summed E-state index contributed by atoms with van der Waals surface area (Å²) >= 11 is 3.42. The van der Waals surface area contributed by atoms with E-state index in [1.54, 1.807) is 18.2 Å². The van der Waals surface area contributed by atoms with Crippen LogP contribution in [-0.4, -0.2) is 26.2 Å². The molecule has 0 spiro atoms. The van der Waals surface area contributed by atoms with Crippen LogP contribution in [0.4, 0.5) is 0 Å². The lowest BCUT2D eigenvalue weighted by atomic mass is 10.0. The second-order valence-electron chi connectivity index (χ2n) is 4.23. The second kappa shape index (κ2) is 6.13. The molecule has 2 aromatic rings. The van der Waals surface area contributed by atoms with Gasteiger partial charge in [-0.1, -0.05) is 15.9 Å². The molecule has 110 valence electrons. The van der Waals surface area contributed by atoms with Crippen LogP contribution >= 0.6 is 15.9 Å². The number of rotatable bonds is 3. The summed E-state index contributed by atoms with van der Waals surface area (Å²) in [5.74, 6) is -0.209. The predicted molar refractivity (Wildman–Crippen MR) is 80.8 cm³/mol. The first-order valence-electron chi connectivity index (χ1n) is 6.05. The maximum atomic E-state index is 11.8. The van der Waals surface area contributed by atoms with Gasteiger partial charge in [-0.2, -0.15) is 0 Å². The molecule has 0 saturated heterocycles. The first kappa shape index (κ1) is 15.3. The topological polar surface area (TPSA) is 61.8 Å². The molecular weight excluding hydrogens is 340 g/mol. The average molecular weight is 353 g/mol. The molecule has 21 heavy (non-hydrogen) atoms. The van der Waals surface area contributed by atoms with E-state index in [0.717, 1.165) is 4.47 Å². The van der Waals surface area contributed by atoms with Crippen molar-refractivity contribution in [1.82, 2.24) is 0 Å². The van der Waals surface area contributed by atoms with Gasteiger partial charge in [0.25, 0.3) is 0 Å². The largest absolute Gasteiger partial charge is 0.496 e. The molecule has 0 fully saturated rings. The Morgan fingerprint density at radius 3 is 2.38 bits per heavy atom. The minimum atomic E-state index is -0.514. The van der Waals surface area contributed by atoms with Crippen LogP contribution in [0.3, 0.4) is 0 Å². The molecular formula is C15H13BrO5. The Bertz CT molecular complexity index is 724. The van der Waals surface area contributed by atoms with Crippen molar-refractivity contribution in [3.05, 3.63) is 34.3 Å². The van der Waals surface area contributed by atoms with Gasteiger partial charge >= 0.3 is 11.9 Å². The van der Waals surface area contributed by atoms with E-state index < -0.39 is 11.9 Å². The van der Waals surface area contributed by atoms with Crippen LogP contribution in [0.1, 0.15) is 17.3 Å². The van der Waals surface area contributed by atoms with Gasteiger partial charge in [0.05, 0.1) is 25.2 Å². The van der Waals surface area contributed by atoms with Crippen LogP contribution in [0, 0.1) is 0 Å². The molecule has 2 rings (SSSR count). The summed E-state index contributed by atoms with van der Waals surface area (Å²) in [5.41, 5.74) is 0.287. The molecule has 0 saturated carbocycles. The smallest absolute Gasteiger partial charge is 0.338 e. The van der Waals surface area contributed by atoms with E-state index in [4.69, 9.17) is 14.2 Å². The third-order valence-electron chi connectivity index (χ3n) is 2.88. The van der Waals surface area contributed by atoms with E-state index in [0.29, 0.717) is 16.5 Å². The Labute approximate surface area is 129 Å². The van der Waals surface area contributed by atoms with Crippen molar-refractivity contribution in [2.75, 3.05) is 14.2 Å². The summed E-state index contributed by atoms with van der Waals surface area (Å²) < 4.78 is 16.0. The van der Waals surface area contributed by atoms with Crippen molar-refractivity contribution in [3.63, 3.8) is 0 Å². The summed E-state index contributed by atoms with van der Waals surface area (Å²) in [7, 11) is 2.81. The number of carbonyl (C=O) groups excluding carboxylic acids is 2. The van der Waals surface area contributed by atoms with E-state index in [9.17, 15) is 9.59 Å². The SMILES string of the molecule is COC(=O)c1cc(OC(C)=O)c2c(OC)ccc(Br)c2c1. The van der Waals surface area contributed by atoms with Crippen molar-refractivity contribution in [3.8, 4) is 11.5 Å². The minimum absolute atomic E-state index is 0.249. The molecule has 5 nitrogen and oxygen atoms in total. The number of carbonyl (C=O) groups is 2. The number of benzene rings is 2. The Kier molecular flexibility index (Phi) is 4.47. The number of ether oxygens (including phenoxy) is 3. The average Bonchev–Trinajstić information content (AvgIpc) is 2.46. The Balaban J connectivity index is 2.83. The molecule has 0 aliphatic rings. The molecule has 0 heterocycles. The molecule has 0 aromatic heterocycles. The first-order chi connectivity index (χ1) is 9.97. The van der Waals surface area contributed by atoms with Gasteiger partial charge < -0.3 is 14.2 Å². The van der Waals surface area contributed by atoms with Gasteiger partial charge in [-0.3, -0.25) is 4.79 Å². The van der Waals surface area contributed by atoms with Crippen molar-refractivity contribution < 1.29 is 23.8 Å². The predicted octanol–water partition coefficient (Wildman–Crippen LogP) is 3.32. The fraction of sp³-hybridized carbons (Fsp3) is 0.200. The third kappa shape index (κ3) is 3.00. The van der Waals surface area contributed by atoms with Crippen LogP contribution < -0.4 is 9.47 Å². The Morgan fingerprint density at radius 1 is 1.10 bits per heavy atom. The summed E-state index contributed by atoms with van der Waals surface area (Å²) in [5, 5.41) is 1.29. The fourth-order valence-electron chi connectivity index (χ4n) is 2.02. The maximum Gasteiger partial charge on any atom is 0.338 e. The molecule has 0 unspecified atom stereocenters. The standard InChI is InChI=1S/C15H13BrO5/c1-8(17)21-13-7-9(15(18)20-3)6-10-11(16)4-5-12(19-2)14(10)13/h4-7H,1-3H3. The van der Waals surface area contributed by atoms with Gasteiger partial charge in [0.1, 0.15) is 11.5 Å². The van der Waals surface area contributed by atoms with Crippen molar-refractivity contribution in [2.24, 2.45) is 0 Å². The molecule has 0 N–H and O–H groups in total. The lowest BCUT2D eigenvalue weighted by molar-refractivity contribution is -0.131. The van der Waals surface area contributed by atoms with Gasteiger partial charge in [0.2, 0.25) is 0 Å². The molecule has 6 heteroatoms.